The van der Waals surface area contributed by atoms with Crippen molar-refractivity contribution in [1.29, 1.82) is 5.26 Å². The molecule has 0 aromatic heterocycles. The van der Waals surface area contributed by atoms with Crippen molar-refractivity contribution in [1.82, 2.24) is 4.90 Å². The molecule has 0 radical (unpaired) electrons. The molecule has 1 atom stereocenters. The second kappa shape index (κ2) is 5.57. The summed E-state index contributed by atoms with van der Waals surface area (Å²) in [5.41, 5.74) is 3.32. The SMILES string of the molecule is Cc1cc(C#N)ccc1CN(C)C1CCSC1. The zero-order valence-electron chi connectivity index (χ0n) is 10.4. The molecule has 2 rings (SSSR count). The minimum atomic E-state index is 0.718. The lowest BCUT2D eigenvalue weighted by molar-refractivity contribution is 0.254. The normalized spacial score (nSPS) is 19.5. The van der Waals surface area contributed by atoms with Gasteiger partial charge in [-0.3, -0.25) is 4.90 Å². The van der Waals surface area contributed by atoms with E-state index in [2.05, 4.69) is 31.0 Å². The van der Waals surface area contributed by atoms with Crippen molar-refractivity contribution in [3.63, 3.8) is 0 Å². The van der Waals surface area contributed by atoms with Gasteiger partial charge >= 0.3 is 0 Å². The average Bonchev–Trinajstić information content (AvgIpc) is 2.85. The fourth-order valence-electron chi connectivity index (χ4n) is 2.21. The summed E-state index contributed by atoms with van der Waals surface area (Å²) < 4.78 is 0. The van der Waals surface area contributed by atoms with Crippen molar-refractivity contribution >= 4 is 11.8 Å². The van der Waals surface area contributed by atoms with Crippen LogP contribution < -0.4 is 0 Å². The van der Waals surface area contributed by atoms with E-state index in [9.17, 15) is 0 Å². The van der Waals surface area contributed by atoms with Crippen LogP contribution in [0.2, 0.25) is 0 Å². The van der Waals surface area contributed by atoms with Gasteiger partial charge in [0.15, 0.2) is 0 Å². The second-order valence-corrected chi connectivity index (χ2v) is 5.84. The standard InChI is InChI=1S/C14H18N2S/c1-11-7-12(8-15)3-4-13(11)9-16(2)14-5-6-17-10-14/h3-4,7,14H,5-6,9-10H2,1-2H3. The first-order valence-corrected chi connectivity index (χ1v) is 7.14. The highest BCUT2D eigenvalue weighted by Crippen LogP contribution is 2.23. The molecule has 0 amide bonds. The third-order valence-corrected chi connectivity index (χ3v) is 4.57. The van der Waals surface area contributed by atoms with Crippen molar-refractivity contribution in [2.24, 2.45) is 0 Å². The van der Waals surface area contributed by atoms with E-state index in [0.29, 0.717) is 0 Å². The molecule has 90 valence electrons. The monoisotopic (exact) mass is 246 g/mol. The van der Waals surface area contributed by atoms with E-state index >= 15 is 0 Å². The van der Waals surface area contributed by atoms with E-state index in [1.807, 2.05) is 23.9 Å². The van der Waals surface area contributed by atoms with Gasteiger partial charge in [-0.2, -0.15) is 17.0 Å². The van der Waals surface area contributed by atoms with Crippen LogP contribution in [-0.4, -0.2) is 29.5 Å². The predicted octanol–water partition coefficient (Wildman–Crippen LogP) is 2.80. The minimum absolute atomic E-state index is 0.718. The highest BCUT2D eigenvalue weighted by molar-refractivity contribution is 7.99. The molecule has 1 fully saturated rings. The Hall–Kier alpha value is -0.980. The van der Waals surface area contributed by atoms with Gasteiger partial charge in [-0.1, -0.05) is 6.07 Å². The number of thioether (sulfide) groups is 1. The summed E-state index contributed by atoms with van der Waals surface area (Å²) in [5.74, 6) is 2.55. The van der Waals surface area contributed by atoms with Gasteiger partial charge in [0, 0.05) is 18.3 Å². The van der Waals surface area contributed by atoms with Crippen LogP contribution >= 0.6 is 11.8 Å². The van der Waals surface area contributed by atoms with Gasteiger partial charge in [-0.05, 0) is 49.4 Å². The van der Waals surface area contributed by atoms with Crippen molar-refractivity contribution in [2.45, 2.75) is 25.9 Å². The Morgan fingerprint density at radius 2 is 2.35 bits per heavy atom. The zero-order chi connectivity index (χ0) is 12.3. The lowest BCUT2D eigenvalue weighted by Gasteiger charge is -2.24. The highest BCUT2D eigenvalue weighted by atomic mass is 32.2. The Labute approximate surface area is 108 Å². The summed E-state index contributed by atoms with van der Waals surface area (Å²) in [6, 6.07) is 8.89. The molecule has 1 heterocycles. The maximum absolute atomic E-state index is 8.84. The Balaban J connectivity index is 2.05. The van der Waals surface area contributed by atoms with E-state index in [1.54, 1.807) is 0 Å². The zero-order valence-corrected chi connectivity index (χ0v) is 11.3. The van der Waals surface area contributed by atoms with E-state index in [4.69, 9.17) is 5.26 Å². The Morgan fingerprint density at radius 1 is 1.53 bits per heavy atom. The van der Waals surface area contributed by atoms with Crippen LogP contribution in [0.25, 0.3) is 0 Å². The molecule has 1 aromatic carbocycles. The first-order chi connectivity index (χ1) is 8.20. The van der Waals surface area contributed by atoms with E-state index in [1.165, 1.54) is 29.1 Å². The Kier molecular flexibility index (Phi) is 4.09. The largest absolute Gasteiger partial charge is 0.298 e. The Bertz CT molecular complexity index is 430. The molecule has 1 unspecified atom stereocenters. The highest BCUT2D eigenvalue weighted by Gasteiger charge is 2.20. The van der Waals surface area contributed by atoms with Crippen molar-refractivity contribution in [3.8, 4) is 6.07 Å². The van der Waals surface area contributed by atoms with Crippen molar-refractivity contribution in [3.05, 3.63) is 34.9 Å². The molecule has 0 N–H and O–H groups in total. The lowest BCUT2D eigenvalue weighted by Crippen LogP contribution is -2.31. The summed E-state index contributed by atoms with van der Waals surface area (Å²) in [7, 11) is 2.20. The van der Waals surface area contributed by atoms with Gasteiger partial charge < -0.3 is 0 Å². The van der Waals surface area contributed by atoms with Gasteiger partial charge in [0.25, 0.3) is 0 Å². The molecule has 0 spiro atoms. The van der Waals surface area contributed by atoms with Gasteiger partial charge in [0.1, 0.15) is 0 Å². The van der Waals surface area contributed by atoms with Crippen LogP contribution in [0.3, 0.4) is 0 Å². The first kappa shape index (κ1) is 12.5. The summed E-state index contributed by atoms with van der Waals surface area (Å²) in [6.07, 6.45) is 1.30. The third-order valence-electron chi connectivity index (χ3n) is 3.42. The van der Waals surface area contributed by atoms with Crippen LogP contribution in [0.5, 0.6) is 0 Å². The predicted molar refractivity (Wildman–Crippen MR) is 73.1 cm³/mol. The van der Waals surface area contributed by atoms with E-state index < -0.39 is 0 Å². The van der Waals surface area contributed by atoms with E-state index in [-0.39, 0.29) is 0 Å². The number of rotatable bonds is 3. The molecule has 3 heteroatoms. The molecule has 17 heavy (non-hydrogen) atoms. The number of nitrogens with zero attached hydrogens (tertiary/aromatic N) is 2. The van der Waals surface area contributed by atoms with Gasteiger partial charge in [0.05, 0.1) is 11.6 Å². The van der Waals surface area contributed by atoms with Gasteiger partial charge in [0.2, 0.25) is 0 Å². The molecule has 1 aliphatic rings. The summed E-state index contributed by atoms with van der Waals surface area (Å²) in [6.45, 7) is 3.08. The second-order valence-electron chi connectivity index (χ2n) is 4.69. The first-order valence-electron chi connectivity index (χ1n) is 5.98. The lowest BCUT2D eigenvalue weighted by atomic mass is 10.0. The Morgan fingerprint density at radius 3 is 2.94 bits per heavy atom. The van der Waals surface area contributed by atoms with Crippen molar-refractivity contribution < 1.29 is 0 Å². The topological polar surface area (TPSA) is 27.0 Å². The van der Waals surface area contributed by atoms with Crippen molar-refractivity contribution in [2.75, 3.05) is 18.6 Å². The molecule has 0 bridgehead atoms. The molecule has 2 nitrogen and oxygen atoms in total. The molecular formula is C14H18N2S. The number of nitriles is 1. The van der Waals surface area contributed by atoms with Gasteiger partial charge in [-0.25, -0.2) is 0 Å². The molecule has 1 aliphatic heterocycles. The van der Waals surface area contributed by atoms with Crippen LogP contribution in [-0.2, 0) is 6.54 Å². The smallest absolute Gasteiger partial charge is 0.0991 e. The van der Waals surface area contributed by atoms with Gasteiger partial charge in [-0.15, -0.1) is 0 Å². The number of hydrogen-bond donors (Lipinski definition) is 0. The van der Waals surface area contributed by atoms with Crippen LogP contribution in [0, 0.1) is 18.3 Å². The molecule has 0 aliphatic carbocycles. The maximum atomic E-state index is 8.84. The molecule has 0 saturated carbocycles. The molecule has 1 aromatic rings. The summed E-state index contributed by atoms with van der Waals surface area (Å²) >= 11 is 2.05. The van der Waals surface area contributed by atoms with Crippen LogP contribution in [0.4, 0.5) is 0 Å². The average molecular weight is 246 g/mol. The quantitative estimate of drug-likeness (QED) is 0.820. The van der Waals surface area contributed by atoms with Crippen LogP contribution in [0.1, 0.15) is 23.1 Å². The summed E-state index contributed by atoms with van der Waals surface area (Å²) in [5, 5.41) is 8.84. The fourth-order valence-corrected chi connectivity index (χ4v) is 3.51. The molecule has 1 saturated heterocycles. The third kappa shape index (κ3) is 3.02. The number of benzene rings is 1. The fraction of sp³-hybridized carbons (Fsp3) is 0.500. The molecular weight excluding hydrogens is 228 g/mol. The summed E-state index contributed by atoms with van der Waals surface area (Å²) in [4.78, 5) is 2.44. The number of aryl methyl sites for hydroxylation is 1. The van der Waals surface area contributed by atoms with Crippen LogP contribution in [0.15, 0.2) is 18.2 Å². The van der Waals surface area contributed by atoms with E-state index in [0.717, 1.165) is 18.2 Å². The maximum Gasteiger partial charge on any atom is 0.0991 e. The number of hydrogen-bond acceptors (Lipinski definition) is 3. The minimum Gasteiger partial charge on any atom is -0.298 e.